The molecule has 19 heavy (non-hydrogen) atoms. The van der Waals surface area contributed by atoms with Gasteiger partial charge in [-0.25, -0.2) is 9.78 Å². The lowest BCUT2D eigenvalue weighted by molar-refractivity contribution is 0.0696. The van der Waals surface area contributed by atoms with Crippen LogP contribution in [0.15, 0.2) is 34.9 Å². The minimum absolute atomic E-state index is 0.0124. The summed E-state index contributed by atoms with van der Waals surface area (Å²) in [5.41, 5.74) is -0.0854. The largest absolute Gasteiger partial charge is 0.478 e. The Kier molecular flexibility index (Phi) is 4.29. The van der Waals surface area contributed by atoms with Crippen molar-refractivity contribution in [3.63, 3.8) is 0 Å². The molecular formula is C12H6BrCl2NO3. The van der Waals surface area contributed by atoms with Gasteiger partial charge in [0.15, 0.2) is 0 Å². The first-order valence-electron chi connectivity index (χ1n) is 4.99. The predicted octanol–water partition coefficient (Wildman–Crippen LogP) is 4.64. The Hall–Kier alpha value is -1.30. The quantitative estimate of drug-likeness (QED) is 0.863. The fraction of sp³-hybridized carbons (Fsp3) is 0. The van der Waals surface area contributed by atoms with Crippen molar-refractivity contribution >= 4 is 45.1 Å². The summed E-state index contributed by atoms with van der Waals surface area (Å²) in [6, 6.07) is 6.31. The molecule has 2 aromatic rings. The molecule has 1 aromatic carbocycles. The third-order valence-electron chi connectivity index (χ3n) is 2.19. The van der Waals surface area contributed by atoms with Crippen molar-refractivity contribution in [1.82, 2.24) is 4.98 Å². The van der Waals surface area contributed by atoms with Crippen LogP contribution >= 0.6 is 39.1 Å². The molecule has 0 unspecified atom stereocenters. The lowest BCUT2D eigenvalue weighted by atomic mass is 10.2. The monoisotopic (exact) mass is 361 g/mol. The van der Waals surface area contributed by atoms with Crippen molar-refractivity contribution in [2.24, 2.45) is 0 Å². The number of nitrogens with zero attached hydrogens (tertiary/aromatic N) is 1. The average Bonchev–Trinajstić information content (AvgIpc) is 2.36. The summed E-state index contributed by atoms with van der Waals surface area (Å²) >= 11 is 15.2. The predicted molar refractivity (Wildman–Crippen MR) is 75.4 cm³/mol. The number of halogens is 3. The van der Waals surface area contributed by atoms with E-state index >= 15 is 0 Å². The van der Waals surface area contributed by atoms with E-state index in [1.807, 2.05) is 0 Å². The smallest absolute Gasteiger partial charge is 0.337 e. The molecule has 2 rings (SSSR count). The molecule has 0 saturated carbocycles. The molecule has 0 atom stereocenters. The van der Waals surface area contributed by atoms with Gasteiger partial charge in [-0.1, -0.05) is 39.1 Å². The standard InChI is InChI=1S/C12H6BrCl2NO3/c13-6-1-2-8(14)9(5-6)19-11-10(15)7(12(17)18)3-4-16-11/h1-5H,(H,17,18). The molecule has 1 N–H and O–H groups in total. The van der Waals surface area contributed by atoms with Crippen LogP contribution in [0.1, 0.15) is 10.4 Å². The van der Waals surface area contributed by atoms with Gasteiger partial charge in [0, 0.05) is 10.7 Å². The summed E-state index contributed by atoms with van der Waals surface area (Å²) < 4.78 is 6.20. The van der Waals surface area contributed by atoms with Gasteiger partial charge in [-0.15, -0.1) is 0 Å². The fourth-order valence-corrected chi connectivity index (χ4v) is 2.05. The van der Waals surface area contributed by atoms with E-state index in [1.54, 1.807) is 18.2 Å². The molecule has 0 spiro atoms. The Morgan fingerprint density at radius 1 is 1.32 bits per heavy atom. The zero-order valence-corrected chi connectivity index (χ0v) is 12.3. The molecule has 4 nitrogen and oxygen atoms in total. The minimum atomic E-state index is -1.16. The van der Waals surface area contributed by atoms with E-state index in [-0.39, 0.29) is 16.5 Å². The van der Waals surface area contributed by atoms with Crippen LogP contribution in [-0.2, 0) is 0 Å². The van der Waals surface area contributed by atoms with Gasteiger partial charge in [-0.2, -0.15) is 0 Å². The molecule has 7 heteroatoms. The van der Waals surface area contributed by atoms with Crippen molar-refractivity contribution in [3.05, 3.63) is 50.5 Å². The molecular weight excluding hydrogens is 357 g/mol. The minimum Gasteiger partial charge on any atom is -0.478 e. The van der Waals surface area contributed by atoms with Gasteiger partial charge in [0.1, 0.15) is 10.8 Å². The first-order valence-corrected chi connectivity index (χ1v) is 6.54. The molecule has 0 aliphatic carbocycles. The average molecular weight is 363 g/mol. The lowest BCUT2D eigenvalue weighted by Gasteiger charge is -2.09. The number of benzene rings is 1. The maximum Gasteiger partial charge on any atom is 0.337 e. The second-order valence-electron chi connectivity index (χ2n) is 3.46. The summed E-state index contributed by atoms with van der Waals surface area (Å²) in [5.74, 6) is -0.841. The molecule has 0 bridgehead atoms. The number of carboxylic acid groups (broad SMARTS) is 1. The number of carbonyl (C=O) groups is 1. The first kappa shape index (κ1) is 14.1. The Morgan fingerprint density at radius 2 is 2.05 bits per heavy atom. The Morgan fingerprint density at radius 3 is 2.74 bits per heavy atom. The zero-order valence-electron chi connectivity index (χ0n) is 9.23. The van der Waals surface area contributed by atoms with E-state index in [4.69, 9.17) is 33.0 Å². The normalized spacial score (nSPS) is 10.3. The van der Waals surface area contributed by atoms with E-state index in [1.165, 1.54) is 12.3 Å². The molecule has 0 aliphatic rings. The third-order valence-corrected chi connectivity index (χ3v) is 3.36. The van der Waals surface area contributed by atoms with Crippen LogP contribution in [0.25, 0.3) is 0 Å². The number of carboxylic acids is 1. The van der Waals surface area contributed by atoms with Crippen LogP contribution in [0.3, 0.4) is 0 Å². The van der Waals surface area contributed by atoms with Crippen LogP contribution in [0.5, 0.6) is 11.6 Å². The van der Waals surface area contributed by atoms with Crippen LogP contribution in [-0.4, -0.2) is 16.1 Å². The Balaban J connectivity index is 2.41. The molecule has 1 aromatic heterocycles. The number of hydrogen-bond donors (Lipinski definition) is 1. The molecule has 0 radical (unpaired) electrons. The highest BCUT2D eigenvalue weighted by Crippen LogP contribution is 2.35. The van der Waals surface area contributed by atoms with Crippen molar-refractivity contribution < 1.29 is 14.6 Å². The van der Waals surface area contributed by atoms with Crippen molar-refractivity contribution in [1.29, 1.82) is 0 Å². The summed E-state index contributed by atoms with van der Waals surface area (Å²) in [4.78, 5) is 14.8. The summed E-state index contributed by atoms with van der Waals surface area (Å²) in [7, 11) is 0. The van der Waals surface area contributed by atoms with E-state index in [0.29, 0.717) is 10.8 Å². The fourth-order valence-electron chi connectivity index (χ4n) is 1.32. The van der Waals surface area contributed by atoms with Gasteiger partial charge in [0.2, 0.25) is 5.88 Å². The number of aromatic nitrogens is 1. The first-order chi connectivity index (χ1) is 8.99. The van der Waals surface area contributed by atoms with Crippen LogP contribution in [0, 0.1) is 0 Å². The topological polar surface area (TPSA) is 59.4 Å². The van der Waals surface area contributed by atoms with Crippen LogP contribution in [0.2, 0.25) is 10.0 Å². The maximum atomic E-state index is 10.9. The van der Waals surface area contributed by atoms with E-state index in [2.05, 4.69) is 20.9 Å². The number of aromatic carboxylic acids is 1. The molecule has 1 heterocycles. The van der Waals surface area contributed by atoms with E-state index in [0.717, 1.165) is 4.47 Å². The summed E-state index contributed by atoms with van der Waals surface area (Å²) in [6.45, 7) is 0. The van der Waals surface area contributed by atoms with Gasteiger partial charge >= 0.3 is 5.97 Å². The lowest BCUT2D eigenvalue weighted by Crippen LogP contribution is -2.00. The SMILES string of the molecule is O=C(O)c1ccnc(Oc2cc(Br)ccc2Cl)c1Cl. The van der Waals surface area contributed by atoms with E-state index < -0.39 is 5.97 Å². The molecule has 0 fully saturated rings. The number of hydrogen-bond acceptors (Lipinski definition) is 3. The van der Waals surface area contributed by atoms with Gasteiger partial charge in [0.25, 0.3) is 0 Å². The zero-order chi connectivity index (χ0) is 14.0. The summed E-state index contributed by atoms with van der Waals surface area (Å²) in [5, 5.41) is 9.24. The van der Waals surface area contributed by atoms with Gasteiger partial charge < -0.3 is 9.84 Å². The van der Waals surface area contributed by atoms with Crippen LogP contribution in [0.4, 0.5) is 0 Å². The van der Waals surface area contributed by atoms with Crippen LogP contribution < -0.4 is 4.74 Å². The van der Waals surface area contributed by atoms with Crippen molar-refractivity contribution in [2.75, 3.05) is 0 Å². The number of pyridine rings is 1. The van der Waals surface area contributed by atoms with E-state index in [9.17, 15) is 4.79 Å². The summed E-state index contributed by atoms with van der Waals surface area (Å²) in [6.07, 6.45) is 1.30. The molecule has 98 valence electrons. The Labute approximate surface area is 127 Å². The molecule has 0 amide bonds. The van der Waals surface area contributed by atoms with Gasteiger partial charge in [-0.05, 0) is 24.3 Å². The highest BCUT2D eigenvalue weighted by Gasteiger charge is 2.16. The van der Waals surface area contributed by atoms with Gasteiger partial charge in [0.05, 0.1) is 10.6 Å². The molecule has 0 saturated heterocycles. The Bertz CT molecular complexity index is 649. The highest BCUT2D eigenvalue weighted by atomic mass is 79.9. The van der Waals surface area contributed by atoms with Crippen molar-refractivity contribution in [2.45, 2.75) is 0 Å². The number of ether oxygens (including phenoxy) is 1. The maximum absolute atomic E-state index is 10.9. The highest BCUT2D eigenvalue weighted by molar-refractivity contribution is 9.10. The second-order valence-corrected chi connectivity index (χ2v) is 5.16. The molecule has 0 aliphatic heterocycles. The van der Waals surface area contributed by atoms with Gasteiger partial charge in [-0.3, -0.25) is 0 Å². The third kappa shape index (κ3) is 3.18. The second kappa shape index (κ2) is 5.77. The van der Waals surface area contributed by atoms with Crippen molar-refractivity contribution in [3.8, 4) is 11.6 Å². The number of rotatable bonds is 3.